The Kier molecular flexibility index (Phi) is 2.83. The maximum Gasteiger partial charge on any atom is 0.169 e. The van der Waals surface area contributed by atoms with Crippen molar-refractivity contribution in [2.45, 2.75) is 26.9 Å². The first kappa shape index (κ1) is 12.2. The highest BCUT2D eigenvalue weighted by Crippen LogP contribution is 2.37. The van der Waals surface area contributed by atoms with Gasteiger partial charge in [-0.05, 0) is 37.1 Å². The predicted molar refractivity (Wildman–Crippen MR) is 80.5 cm³/mol. The molecule has 0 spiro atoms. The van der Waals surface area contributed by atoms with Crippen LogP contribution >= 0.6 is 0 Å². The number of anilines is 2. The number of fused-ring (bicyclic) bond motifs is 1. The van der Waals surface area contributed by atoms with Crippen LogP contribution in [0, 0.1) is 13.8 Å². The van der Waals surface area contributed by atoms with Gasteiger partial charge < -0.3 is 0 Å². The zero-order valence-electron chi connectivity index (χ0n) is 12.1. The van der Waals surface area contributed by atoms with Crippen LogP contribution in [0.4, 0.5) is 17.1 Å². The summed E-state index contributed by atoms with van der Waals surface area (Å²) in [5, 5.41) is 0. The number of para-hydroxylation sites is 2. The van der Waals surface area contributed by atoms with E-state index in [0.717, 1.165) is 0 Å². The summed E-state index contributed by atoms with van der Waals surface area (Å²) in [5.41, 5.74) is 6.78. The molecule has 0 fully saturated rings. The number of benzene rings is 2. The lowest BCUT2D eigenvalue weighted by molar-refractivity contribution is -0.828. The molecule has 0 saturated heterocycles. The van der Waals surface area contributed by atoms with Gasteiger partial charge in [0.15, 0.2) is 11.9 Å². The average Bonchev–Trinajstić information content (AvgIpc) is 2.67. The van der Waals surface area contributed by atoms with Crippen molar-refractivity contribution in [3.05, 3.63) is 53.6 Å². The lowest BCUT2D eigenvalue weighted by Gasteiger charge is -2.26. The summed E-state index contributed by atoms with van der Waals surface area (Å²) in [6, 6.07) is 15.3. The molecule has 2 nitrogen and oxygen atoms in total. The highest BCUT2D eigenvalue weighted by molar-refractivity contribution is 5.76. The Labute approximate surface area is 115 Å². The van der Waals surface area contributed by atoms with Gasteiger partial charge in [0.05, 0.1) is 12.7 Å². The summed E-state index contributed by atoms with van der Waals surface area (Å²) in [5.74, 6) is 0. The first-order valence-electron chi connectivity index (χ1n) is 6.89. The molecule has 1 heterocycles. The van der Waals surface area contributed by atoms with E-state index in [1.165, 1.54) is 33.1 Å². The number of quaternary nitrogens is 1. The van der Waals surface area contributed by atoms with E-state index in [4.69, 9.17) is 0 Å². The van der Waals surface area contributed by atoms with Gasteiger partial charge in [0.2, 0.25) is 0 Å². The monoisotopic (exact) mass is 253 g/mol. The molecule has 0 amide bonds. The van der Waals surface area contributed by atoms with Crippen molar-refractivity contribution in [1.82, 2.24) is 0 Å². The van der Waals surface area contributed by atoms with Crippen LogP contribution in [0.15, 0.2) is 42.5 Å². The smallest absolute Gasteiger partial charge is 0.169 e. The highest BCUT2D eigenvalue weighted by atomic mass is 15.4. The van der Waals surface area contributed by atoms with Gasteiger partial charge in [-0.15, -0.1) is 0 Å². The van der Waals surface area contributed by atoms with Crippen molar-refractivity contribution in [3.8, 4) is 0 Å². The summed E-state index contributed by atoms with van der Waals surface area (Å²) in [6.45, 7) is 6.69. The van der Waals surface area contributed by atoms with Crippen LogP contribution in [0.1, 0.15) is 18.1 Å². The normalized spacial score (nSPS) is 21.6. The quantitative estimate of drug-likeness (QED) is 0.821. The summed E-state index contributed by atoms with van der Waals surface area (Å²) >= 11 is 0. The maximum absolute atomic E-state index is 2.47. The van der Waals surface area contributed by atoms with Crippen molar-refractivity contribution >= 4 is 17.1 Å². The number of hydrogen-bond donors (Lipinski definition) is 1. The van der Waals surface area contributed by atoms with Crippen molar-refractivity contribution in [2.24, 2.45) is 0 Å². The molecule has 0 bridgehead atoms. The third kappa shape index (κ3) is 1.75. The zero-order chi connectivity index (χ0) is 13.6. The molecule has 19 heavy (non-hydrogen) atoms. The van der Waals surface area contributed by atoms with E-state index < -0.39 is 0 Å². The fourth-order valence-electron chi connectivity index (χ4n) is 2.98. The average molecular weight is 253 g/mol. The van der Waals surface area contributed by atoms with Gasteiger partial charge in [0.1, 0.15) is 5.69 Å². The van der Waals surface area contributed by atoms with Crippen LogP contribution in [0.3, 0.4) is 0 Å². The van der Waals surface area contributed by atoms with Crippen molar-refractivity contribution in [2.75, 3.05) is 11.9 Å². The Morgan fingerprint density at radius 1 is 0.947 bits per heavy atom. The van der Waals surface area contributed by atoms with Gasteiger partial charge in [-0.3, -0.25) is 9.80 Å². The van der Waals surface area contributed by atoms with E-state index in [2.05, 4.69) is 75.2 Å². The first-order valence-corrected chi connectivity index (χ1v) is 6.89. The van der Waals surface area contributed by atoms with Crippen LogP contribution in [-0.2, 0) is 0 Å². The number of nitrogens with zero attached hydrogens (tertiary/aromatic N) is 1. The van der Waals surface area contributed by atoms with Gasteiger partial charge in [-0.2, -0.15) is 0 Å². The molecule has 98 valence electrons. The Morgan fingerprint density at radius 2 is 1.63 bits per heavy atom. The maximum atomic E-state index is 2.47. The van der Waals surface area contributed by atoms with Crippen LogP contribution in [0.5, 0.6) is 0 Å². The van der Waals surface area contributed by atoms with Crippen LogP contribution in [-0.4, -0.2) is 13.2 Å². The predicted octanol–water partition coefficient (Wildman–Crippen LogP) is 2.95. The first-order chi connectivity index (χ1) is 9.11. The van der Waals surface area contributed by atoms with Crippen molar-refractivity contribution in [1.29, 1.82) is 0 Å². The van der Waals surface area contributed by atoms with Crippen LogP contribution < -0.4 is 9.80 Å². The zero-order valence-corrected chi connectivity index (χ0v) is 12.1. The molecule has 0 aliphatic carbocycles. The van der Waals surface area contributed by atoms with E-state index in [-0.39, 0.29) is 0 Å². The topological polar surface area (TPSA) is 7.68 Å². The molecule has 2 unspecified atom stereocenters. The number of hydrogen-bond acceptors (Lipinski definition) is 1. The molecule has 1 aliphatic heterocycles. The minimum absolute atomic E-state index is 0.429. The van der Waals surface area contributed by atoms with Gasteiger partial charge >= 0.3 is 0 Å². The van der Waals surface area contributed by atoms with Crippen LogP contribution in [0.2, 0.25) is 0 Å². The van der Waals surface area contributed by atoms with Crippen molar-refractivity contribution < 1.29 is 4.90 Å². The highest BCUT2D eigenvalue weighted by Gasteiger charge is 2.36. The number of aryl methyl sites for hydroxylation is 1. The Bertz CT molecular complexity index is 618. The minimum atomic E-state index is 0.429. The SMILES string of the molecule is Cc1cccc(N2c3ccccc3[NH+](C)C2C)c1C. The molecule has 0 radical (unpaired) electrons. The van der Waals surface area contributed by atoms with E-state index in [0.29, 0.717) is 6.17 Å². The third-order valence-corrected chi connectivity index (χ3v) is 4.44. The molecule has 0 aromatic heterocycles. The van der Waals surface area contributed by atoms with E-state index in [1.807, 2.05) is 0 Å². The molecule has 1 N–H and O–H groups in total. The van der Waals surface area contributed by atoms with Gasteiger partial charge in [-0.25, -0.2) is 0 Å². The molecule has 3 rings (SSSR count). The van der Waals surface area contributed by atoms with Gasteiger partial charge in [0, 0.05) is 13.0 Å². The standard InChI is InChI=1S/C17H20N2/c1-12-8-7-11-15(13(12)2)19-14(3)18(4)16-9-5-6-10-17(16)19/h5-11,14H,1-4H3/p+1. The van der Waals surface area contributed by atoms with E-state index in [9.17, 15) is 0 Å². The molecule has 2 atom stereocenters. The Morgan fingerprint density at radius 3 is 2.42 bits per heavy atom. The van der Waals surface area contributed by atoms with E-state index in [1.54, 1.807) is 0 Å². The number of nitrogens with one attached hydrogen (secondary N) is 1. The van der Waals surface area contributed by atoms with Gasteiger partial charge in [-0.1, -0.05) is 24.3 Å². The molecule has 0 saturated carbocycles. The molecular formula is C17H21N2+. The fraction of sp³-hybridized carbons (Fsp3) is 0.294. The fourth-order valence-corrected chi connectivity index (χ4v) is 2.98. The second-order valence-electron chi connectivity index (χ2n) is 5.47. The van der Waals surface area contributed by atoms with Gasteiger partial charge in [0.25, 0.3) is 0 Å². The van der Waals surface area contributed by atoms with E-state index >= 15 is 0 Å². The lowest BCUT2D eigenvalue weighted by Crippen LogP contribution is -3.07. The summed E-state index contributed by atoms with van der Waals surface area (Å²) < 4.78 is 0. The van der Waals surface area contributed by atoms with Crippen molar-refractivity contribution in [3.63, 3.8) is 0 Å². The summed E-state index contributed by atoms with van der Waals surface area (Å²) in [7, 11) is 2.24. The molecule has 2 aromatic carbocycles. The second-order valence-corrected chi connectivity index (χ2v) is 5.47. The third-order valence-electron chi connectivity index (χ3n) is 4.44. The molecule has 1 aliphatic rings. The lowest BCUT2D eigenvalue weighted by atomic mass is 10.1. The second kappa shape index (κ2) is 4.39. The summed E-state index contributed by atoms with van der Waals surface area (Å²) in [6.07, 6.45) is 0.429. The van der Waals surface area contributed by atoms with Crippen LogP contribution in [0.25, 0.3) is 0 Å². The molecule has 2 aromatic rings. The molecular weight excluding hydrogens is 232 g/mol. The largest absolute Gasteiger partial charge is 0.286 e. The summed E-state index contributed by atoms with van der Waals surface area (Å²) in [4.78, 5) is 3.92. The Balaban J connectivity index is 2.18. The number of rotatable bonds is 1. The Hall–Kier alpha value is -1.80. The molecule has 2 heteroatoms. The minimum Gasteiger partial charge on any atom is -0.286 e.